The number of nitrogens with zero attached hydrogens (tertiary/aromatic N) is 1. The van der Waals surface area contributed by atoms with Gasteiger partial charge in [0.15, 0.2) is 5.78 Å². The molecule has 0 aromatic heterocycles. The molecule has 1 rings (SSSR count). The molecule has 0 aliphatic carbocycles. The van der Waals surface area contributed by atoms with Gasteiger partial charge in [0.2, 0.25) is 0 Å². The standard InChI is InChI=1S/C9H4ClFINO/c10-3-9(14)6-2-7(11)5(4-13)1-8(6)12/h1-2H,3H2. The van der Waals surface area contributed by atoms with Gasteiger partial charge in [-0.2, -0.15) is 5.26 Å². The molecule has 0 bridgehead atoms. The molecule has 14 heavy (non-hydrogen) atoms. The van der Waals surface area contributed by atoms with Gasteiger partial charge in [-0.1, -0.05) is 0 Å². The summed E-state index contributed by atoms with van der Waals surface area (Å²) in [5.74, 6) is -1.23. The highest BCUT2D eigenvalue weighted by Crippen LogP contribution is 2.18. The van der Waals surface area contributed by atoms with Crippen molar-refractivity contribution in [1.29, 1.82) is 5.26 Å². The first-order valence-electron chi connectivity index (χ1n) is 3.58. The van der Waals surface area contributed by atoms with E-state index in [2.05, 4.69) is 0 Å². The minimum Gasteiger partial charge on any atom is -0.293 e. The van der Waals surface area contributed by atoms with Crippen LogP contribution in [0.4, 0.5) is 4.39 Å². The Morgan fingerprint density at radius 3 is 2.79 bits per heavy atom. The smallest absolute Gasteiger partial charge is 0.178 e. The normalized spacial score (nSPS) is 9.57. The number of alkyl halides is 1. The van der Waals surface area contributed by atoms with Crippen LogP contribution in [0, 0.1) is 20.7 Å². The van der Waals surface area contributed by atoms with E-state index in [0.29, 0.717) is 3.57 Å². The largest absolute Gasteiger partial charge is 0.293 e. The van der Waals surface area contributed by atoms with Crippen molar-refractivity contribution in [2.45, 2.75) is 0 Å². The van der Waals surface area contributed by atoms with Crippen molar-refractivity contribution < 1.29 is 9.18 Å². The quantitative estimate of drug-likeness (QED) is 0.477. The van der Waals surface area contributed by atoms with Crippen LogP contribution in [-0.4, -0.2) is 11.7 Å². The number of nitriles is 1. The topological polar surface area (TPSA) is 40.9 Å². The molecule has 0 fully saturated rings. The molecule has 0 amide bonds. The van der Waals surface area contributed by atoms with Gasteiger partial charge in [0.05, 0.1) is 11.4 Å². The number of ketones is 1. The number of hydrogen-bond donors (Lipinski definition) is 0. The average molecular weight is 323 g/mol. The summed E-state index contributed by atoms with van der Waals surface area (Å²) in [5.41, 5.74) is 0.151. The Morgan fingerprint density at radius 2 is 2.29 bits per heavy atom. The third-order valence-corrected chi connectivity index (χ3v) is 2.73. The molecule has 72 valence electrons. The Morgan fingerprint density at radius 1 is 1.64 bits per heavy atom. The Hall–Kier alpha value is -0.670. The number of rotatable bonds is 2. The second kappa shape index (κ2) is 4.71. The average Bonchev–Trinajstić information content (AvgIpc) is 2.19. The molecular formula is C9H4ClFINO. The second-order valence-corrected chi connectivity index (χ2v) is 3.91. The van der Waals surface area contributed by atoms with Crippen LogP contribution in [0.1, 0.15) is 15.9 Å². The van der Waals surface area contributed by atoms with Crippen LogP contribution in [0.2, 0.25) is 0 Å². The lowest BCUT2D eigenvalue weighted by molar-refractivity contribution is 0.102. The van der Waals surface area contributed by atoms with E-state index >= 15 is 0 Å². The molecule has 1 aromatic carbocycles. The molecule has 0 N–H and O–H groups in total. The van der Waals surface area contributed by atoms with Crippen molar-refractivity contribution in [3.63, 3.8) is 0 Å². The SMILES string of the molecule is N#Cc1cc(I)c(C(=O)CCl)cc1F. The number of Topliss-reactive ketones (excluding diaryl/α,β-unsaturated/α-hetero) is 1. The summed E-state index contributed by atoms with van der Waals surface area (Å²) in [4.78, 5) is 11.2. The first-order valence-corrected chi connectivity index (χ1v) is 5.19. The van der Waals surface area contributed by atoms with Crippen LogP contribution < -0.4 is 0 Å². The van der Waals surface area contributed by atoms with E-state index in [1.807, 2.05) is 22.6 Å². The van der Waals surface area contributed by atoms with Crippen molar-refractivity contribution >= 4 is 40.0 Å². The van der Waals surface area contributed by atoms with Crippen LogP contribution >= 0.6 is 34.2 Å². The maximum Gasteiger partial charge on any atom is 0.178 e. The molecule has 0 radical (unpaired) electrons. The summed E-state index contributed by atoms with van der Waals surface area (Å²) < 4.78 is 13.6. The van der Waals surface area contributed by atoms with Gasteiger partial charge in [0, 0.05) is 9.13 Å². The molecule has 0 heterocycles. The number of benzene rings is 1. The zero-order chi connectivity index (χ0) is 10.7. The molecule has 0 saturated carbocycles. The van der Waals surface area contributed by atoms with Gasteiger partial charge < -0.3 is 0 Å². The summed E-state index contributed by atoms with van der Waals surface area (Å²) in [5, 5.41) is 8.53. The molecule has 0 saturated heterocycles. The van der Waals surface area contributed by atoms with Gasteiger partial charge in [-0.25, -0.2) is 4.39 Å². The van der Waals surface area contributed by atoms with Crippen molar-refractivity contribution in [3.8, 4) is 6.07 Å². The first kappa shape index (κ1) is 11.4. The minimum absolute atomic E-state index is 0.0690. The molecule has 0 unspecified atom stereocenters. The molecule has 5 heteroatoms. The summed E-state index contributed by atoms with van der Waals surface area (Å²) in [7, 11) is 0. The van der Waals surface area contributed by atoms with E-state index in [-0.39, 0.29) is 22.8 Å². The summed E-state index contributed by atoms with van der Waals surface area (Å²) in [6.45, 7) is 0. The van der Waals surface area contributed by atoms with Crippen molar-refractivity contribution in [3.05, 3.63) is 32.6 Å². The lowest BCUT2D eigenvalue weighted by Crippen LogP contribution is -2.04. The highest BCUT2D eigenvalue weighted by atomic mass is 127. The van der Waals surface area contributed by atoms with Crippen LogP contribution in [0.3, 0.4) is 0 Å². The maximum atomic E-state index is 13.1. The molecule has 2 nitrogen and oxygen atoms in total. The van der Waals surface area contributed by atoms with Gasteiger partial charge in [-0.3, -0.25) is 4.79 Å². The third-order valence-electron chi connectivity index (χ3n) is 1.60. The van der Waals surface area contributed by atoms with E-state index in [1.54, 1.807) is 6.07 Å². The van der Waals surface area contributed by atoms with Crippen molar-refractivity contribution in [1.82, 2.24) is 0 Å². The molecule has 0 atom stereocenters. The van der Waals surface area contributed by atoms with Gasteiger partial charge >= 0.3 is 0 Å². The number of hydrogen-bond acceptors (Lipinski definition) is 2. The van der Waals surface area contributed by atoms with E-state index in [9.17, 15) is 9.18 Å². The van der Waals surface area contributed by atoms with Gasteiger partial charge in [0.25, 0.3) is 0 Å². The predicted molar refractivity (Wildman–Crippen MR) is 58.9 cm³/mol. The Labute approximate surface area is 98.8 Å². The van der Waals surface area contributed by atoms with E-state index in [1.165, 1.54) is 6.07 Å². The summed E-state index contributed by atoms with van der Waals surface area (Å²) in [6.07, 6.45) is 0. The van der Waals surface area contributed by atoms with Gasteiger partial charge in [0.1, 0.15) is 11.9 Å². The fraction of sp³-hybridized carbons (Fsp3) is 0.111. The lowest BCUT2D eigenvalue weighted by atomic mass is 10.1. The molecule has 0 aliphatic heterocycles. The van der Waals surface area contributed by atoms with Crippen LogP contribution in [0.5, 0.6) is 0 Å². The zero-order valence-corrected chi connectivity index (χ0v) is 9.76. The Balaban J connectivity index is 3.30. The Bertz CT molecular complexity index is 428. The number of carbonyl (C=O) groups is 1. The monoisotopic (exact) mass is 323 g/mol. The molecule has 0 aliphatic rings. The maximum absolute atomic E-state index is 13.1. The van der Waals surface area contributed by atoms with Crippen molar-refractivity contribution in [2.75, 3.05) is 5.88 Å². The summed E-state index contributed by atoms with van der Waals surface area (Å²) >= 11 is 7.21. The van der Waals surface area contributed by atoms with Gasteiger partial charge in [-0.15, -0.1) is 11.6 Å². The van der Waals surface area contributed by atoms with E-state index in [4.69, 9.17) is 16.9 Å². The van der Waals surface area contributed by atoms with E-state index in [0.717, 1.165) is 6.07 Å². The Kier molecular flexibility index (Phi) is 3.84. The minimum atomic E-state index is -0.693. The fourth-order valence-corrected chi connectivity index (χ4v) is 1.83. The van der Waals surface area contributed by atoms with Crippen molar-refractivity contribution in [2.24, 2.45) is 0 Å². The molecule has 1 aromatic rings. The lowest BCUT2D eigenvalue weighted by Gasteiger charge is -2.02. The highest BCUT2D eigenvalue weighted by molar-refractivity contribution is 14.1. The number of carbonyl (C=O) groups excluding carboxylic acids is 1. The van der Waals surface area contributed by atoms with Crippen LogP contribution in [-0.2, 0) is 0 Å². The third kappa shape index (κ3) is 2.22. The highest BCUT2D eigenvalue weighted by Gasteiger charge is 2.13. The molecular weight excluding hydrogens is 319 g/mol. The second-order valence-electron chi connectivity index (χ2n) is 2.48. The first-order chi connectivity index (χ1) is 6.60. The number of halogens is 3. The predicted octanol–water partition coefficient (Wildman–Crippen LogP) is 2.72. The zero-order valence-electron chi connectivity index (χ0n) is 6.85. The molecule has 0 spiro atoms. The van der Waals surface area contributed by atoms with E-state index < -0.39 is 5.82 Å². The fourth-order valence-electron chi connectivity index (χ4n) is 0.918. The summed E-state index contributed by atoms with van der Waals surface area (Å²) in [6, 6.07) is 4.07. The van der Waals surface area contributed by atoms with Crippen LogP contribution in [0.15, 0.2) is 12.1 Å². The van der Waals surface area contributed by atoms with Gasteiger partial charge in [-0.05, 0) is 34.7 Å². The van der Waals surface area contributed by atoms with Crippen LogP contribution in [0.25, 0.3) is 0 Å².